The van der Waals surface area contributed by atoms with Gasteiger partial charge in [-0.1, -0.05) is 5.57 Å². The number of likely N-dealkylation sites (tertiary alicyclic amines) is 1. The van der Waals surface area contributed by atoms with Gasteiger partial charge in [0.25, 0.3) is 0 Å². The lowest BCUT2D eigenvalue weighted by atomic mass is 10.0. The van der Waals surface area contributed by atoms with E-state index < -0.39 is 5.97 Å². The summed E-state index contributed by atoms with van der Waals surface area (Å²) in [6.45, 7) is 6.14. The molecule has 0 amide bonds. The van der Waals surface area contributed by atoms with Crippen molar-refractivity contribution in [1.82, 2.24) is 4.90 Å². The normalized spacial score (nSPS) is 25.5. The number of aliphatic carboxylic acids is 1. The van der Waals surface area contributed by atoms with Crippen molar-refractivity contribution in [3.63, 3.8) is 0 Å². The van der Waals surface area contributed by atoms with Crippen LogP contribution in [0.25, 0.3) is 0 Å². The topological polar surface area (TPSA) is 60.8 Å². The molecule has 0 aromatic rings. The molecule has 4 heteroatoms. The molecule has 1 aliphatic heterocycles. The van der Waals surface area contributed by atoms with Crippen LogP contribution in [0.3, 0.4) is 0 Å². The zero-order valence-electron chi connectivity index (χ0n) is 9.31. The Kier molecular flexibility index (Phi) is 4.29. The maximum absolute atomic E-state index is 10.4. The van der Waals surface area contributed by atoms with Crippen molar-refractivity contribution < 1.29 is 15.0 Å². The maximum atomic E-state index is 10.4. The summed E-state index contributed by atoms with van der Waals surface area (Å²) in [5.41, 5.74) is 0.855. The van der Waals surface area contributed by atoms with Crippen LogP contribution in [0.2, 0.25) is 0 Å². The fourth-order valence-electron chi connectivity index (χ4n) is 2.01. The third kappa shape index (κ3) is 4.01. The fourth-order valence-corrected chi connectivity index (χ4v) is 2.01. The molecular weight excluding hydrogens is 194 g/mol. The molecule has 15 heavy (non-hydrogen) atoms. The molecule has 4 nitrogen and oxygen atoms in total. The zero-order chi connectivity index (χ0) is 11.4. The van der Waals surface area contributed by atoms with Gasteiger partial charge < -0.3 is 10.2 Å². The largest absolute Gasteiger partial charge is 0.478 e. The number of carboxylic acids is 1. The maximum Gasteiger partial charge on any atom is 0.328 e. The highest BCUT2D eigenvalue weighted by atomic mass is 16.4. The van der Waals surface area contributed by atoms with E-state index in [-0.39, 0.29) is 6.10 Å². The van der Waals surface area contributed by atoms with Crippen molar-refractivity contribution in [2.24, 2.45) is 5.92 Å². The second-order valence-corrected chi connectivity index (χ2v) is 4.35. The van der Waals surface area contributed by atoms with Crippen LogP contribution in [-0.4, -0.2) is 46.8 Å². The lowest BCUT2D eigenvalue weighted by molar-refractivity contribution is -0.131. The number of carbonyl (C=O) groups is 1. The number of hydrogen-bond acceptors (Lipinski definition) is 3. The number of hydrogen-bond donors (Lipinski definition) is 2. The number of rotatable bonds is 4. The van der Waals surface area contributed by atoms with Crippen LogP contribution < -0.4 is 0 Å². The molecule has 1 aliphatic rings. The van der Waals surface area contributed by atoms with Crippen molar-refractivity contribution in [3.8, 4) is 0 Å². The molecule has 1 saturated heterocycles. The molecule has 0 aromatic carbocycles. The minimum atomic E-state index is -0.890. The Bertz CT molecular complexity index is 261. The van der Waals surface area contributed by atoms with Crippen LogP contribution in [0.15, 0.2) is 11.6 Å². The van der Waals surface area contributed by atoms with E-state index in [1.165, 1.54) is 6.08 Å². The highest BCUT2D eigenvalue weighted by molar-refractivity contribution is 5.80. The summed E-state index contributed by atoms with van der Waals surface area (Å²) < 4.78 is 0. The van der Waals surface area contributed by atoms with Crippen LogP contribution in [0.5, 0.6) is 0 Å². The van der Waals surface area contributed by atoms with E-state index in [1.54, 1.807) is 0 Å². The third-order valence-electron chi connectivity index (χ3n) is 2.83. The number of nitrogens with zero attached hydrogens (tertiary/aromatic N) is 1. The lowest BCUT2D eigenvalue weighted by Gasteiger charge is -2.17. The van der Waals surface area contributed by atoms with Gasteiger partial charge in [-0.15, -0.1) is 0 Å². The third-order valence-corrected chi connectivity index (χ3v) is 2.83. The first-order chi connectivity index (χ1) is 6.99. The van der Waals surface area contributed by atoms with E-state index in [2.05, 4.69) is 4.90 Å². The summed E-state index contributed by atoms with van der Waals surface area (Å²) in [4.78, 5) is 12.6. The van der Waals surface area contributed by atoms with Gasteiger partial charge in [-0.3, -0.25) is 4.90 Å². The minimum absolute atomic E-state index is 0.265. The monoisotopic (exact) mass is 213 g/mol. The van der Waals surface area contributed by atoms with Crippen molar-refractivity contribution in [2.75, 3.05) is 19.6 Å². The second-order valence-electron chi connectivity index (χ2n) is 4.35. The van der Waals surface area contributed by atoms with Crippen molar-refractivity contribution in [3.05, 3.63) is 11.6 Å². The van der Waals surface area contributed by atoms with Gasteiger partial charge in [-0.2, -0.15) is 0 Å². The Hall–Kier alpha value is -0.870. The smallest absolute Gasteiger partial charge is 0.328 e. The fraction of sp³-hybridized carbons (Fsp3) is 0.727. The van der Waals surface area contributed by atoms with Gasteiger partial charge in [0, 0.05) is 19.2 Å². The van der Waals surface area contributed by atoms with Gasteiger partial charge in [0.15, 0.2) is 0 Å². The first kappa shape index (κ1) is 12.2. The summed E-state index contributed by atoms with van der Waals surface area (Å²) >= 11 is 0. The van der Waals surface area contributed by atoms with Gasteiger partial charge >= 0.3 is 5.97 Å². The predicted molar refractivity (Wildman–Crippen MR) is 57.6 cm³/mol. The van der Waals surface area contributed by atoms with Crippen LogP contribution >= 0.6 is 0 Å². The zero-order valence-corrected chi connectivity index (χ0v) is 9.31. The molecular formula is C11H19NO3. The van der Waals surface area contributed by atoms with E-state index in [0.29, 0.717) is 12.5 Å². The van der Waals surface area contributed by atoms with Gasteiger partial charge in [0.05, 0.1) is 6.10 Å². The van der Waals surface area contributed by atoms with Crippen LogP contribution in [0, 0.1) is 5.92 Å². The Morgan fingerprint density at radius 2 is 2.33 bits per heavy atom. The Balaban J connectivity index is 2.39. The average molecular weight is 213 g/mol. The number of aliphatic hydroxyl groups is 1. The Labute approximate surface area is 90.2 Å². The molecule has 2 unspecified atom stereocenters. The molecule has 1 heterocycles. The summed E-state index contributed by atoms with van der Waals surface area (Å²) in [7, 11) is 0. The molecule has 2 atom stereocenters. The first-order valence-corrected chi connectivity index (χ1v) is 5.29. The summed E-state index contributed by atoms with van der Waals surface area (Å²) in [6, 6.07) is 0. The molecule has 0 saturated carbocycles. The minimum Gasteiger partial charge on any atom is -0.478 e. The van der Waals surface area contributed by atoms with Gasteiger partial charge in [0.2, 0.25) is 0 Å². The van der Waals surface area contributed by atoms with E-state index in [0.717, 1.165) is 25.1 Å². The van der Waals surface area contributed by atoms with Crippen molar-refractivity contribution >= 4 is 5.97 Å². The lowest BCUT2D eigenvalue weighted by Crippen LogP contribution is -2.25. The quantitative estimate of drug-likeness (QED) is 0.675. The van der Waals surface area contributed by atoms with Crippen LogP contribution in [0.1, 0.15) is 20.3 Å². The molecule has 1 fully saturated rings. The average Bonchev–Trinajstić information content (AvgIpc) is 2.50. The molecule has 0 bridgehead atoms. The van der Waals surface area contributed by atoms with Gasteiger partial charge in [0.1, 0.15) is 0 Å². The molecule has 0 aromatic heterocycles. The SMILES string of the molecule is CC(=CC(=O)O)CN1CCC(C(C)O)C1. The standard InChI is InChI=1S/C11H19NO3/c1-8(5-11(14)15)6-12-4-3-10(7-12)9(2)13/h5,9-10,13H,3-4,6-7H2,1-2H3,(H,14,15). The molecule has 1 rings (SSSR count). The summed E-state index contributed by atoms with van der Waals surface area (Å²) in [6.07, 6.45) is 1.98. The molecule has 86 valence electrons. The van der Waals surface area contributed by atoms with Crippen molar-refractivity contribution in [1.29, 1.82) is 0 Å². The van der Waals surface area contributed by atoms with Crippen LogP contribution in [-0.2, 0) is 4.79 Å². The molecule has 2 N–H and O–H groups in total. The summed E-state index contributed by atoms with van der Waals surface area (Å²) in [5.74, 6) is -0.554. The number of aliphatic hydroxyl groups excluding tert-OH is 1. The Morgan fingerprint density at radius 1 is 1.67 bits per heavy atom. The van der Waals surface area contributed by atoms with Crippen molar-refractivity contribution in [2.45, 2.75) is 26.4 Å². The van der Waals surface area contributed by atoms with Gasteiger partial charge in [-0.25, -0.2) is 4.79 Å². The Morgan fingerprint density at radius 3 is 2.80 bits per heavy atom. The molecule has 0 aliphatic carbocycles. The highest BCUT2D eigenvalue weighted by Crippen LogP contribution is 2.20. The van der Waals surface area contributed by atoms with Gasteiger partial charge in [-0.05, 0) is 32.7 Å². The second kappa shape index (κ2) is 5.28. The molecule has 0 spiro atoms. The van der Waals surface area contributed by atoms with E-state index >= 15 is 0 Å². The first-order valence-electron chi connectivity index (χ1n) is 5.29. The highest BCUT2D eigenvalue weighted by Gasteiger charge is 2.25. The van der Waals surface area contributed by atoms with E-state index in [1.807, 2.05) is 13.8 Å². The van der Waals surface area contributed by atoms with E-state index in [9.17, 15) is 9.90 Å². The van der Waals surface area contributed by atoms with Crippen LogP contribution in [0.4, 0.5) is 0 Å². The van der Waals surface area contributed by atoms with E-state index in [4.69, 9.17) is 5.11 Å². The number of carboxylic acid groups (broad SMARTS) is 1. The molecule has 0 radical (unpaired) electrons. The predicted octanol–water partition coefficient (Wildman–Crippen LogP) is 0.720. The summed E-state index contributed by atoms with van der Waals surface area (Å²) in [5, 5.41) is 18.0.